The summed E-state index contributed by atoms with van der Waals surface area (Å²) < 4.78 is 1.95. The molecule has 140 valence electrons. The Kier molecular flexibility index (Phi) is 6.07. The average Bonchev–Trinajstić information content (AvgIpc) is 3.18. The average molecular weight is 400 g/mol. The van der Waals surface area contributed by atoms with Gasteiger partial charge in [0, 0.05) is 36.2 Å². The van der Waals surface area contributed by atoms with Gasteiger partial charge in [-0.2, -0.15) is 11.8 Å². The summed E-state index contributed by atoms with van der Waals surface area (Å²) in [6.07, 6.45) is 0.905. The molecule has 0 N–H and O–H groups in total. The first-order valence-electron chi connectivity index (χ1n) is 9.18. The normalized spacial score (nSPS) is 16.3. The lowest BCUT2D eigenvalue weighted by molar-refractivity contribution is 0.234. The summed E-state index contributed by atoms with van der Waals surface area (Å²) in [5.74, 6) is 3.17. The Morgan fingerprint density at radius 1 is 1.00 bits per heavy atom. The van der Waals surface area contributed by atoms with Crippen LogP contribution in [0.1, 0.15) is 23.0 Å². The Labute approximate surface area is 168 Å². The Hall–Kier alpha value is -1.89. The maximum atomic E-state index is 6.11. The molecule has 1 aliphatic heterocycles. The molecule has 4 rings (SSSR count). The number of hydrogen-bond donors (Lipinski definition) is 0. The van der Waals surface area contributed by atoms with Crippen LogP contribution >= 0.6 is 23.4 Å². The van der Waals surface area contributed by atoms with E-state index in [1.165, 1.54) is 11.1 Å². The predicted molar refractivity (Wildman–Crippen MR) is 110 cm³/mol. The number of rotatable bonds is 6. The van der Waals surface area contributed by atoms with Crippen molar-refractivity contribution in [2.75, 3.05) is 24.6 Å². The van der Waals surface area contributed by atoms with E-state index in [1.54, 1.807) is 0 Å². The summed E-state index contributed by atoms with van der Waals surface area (Å²) in [4.78, 5) is 2.48. The Bertz CT molecular complexity index is 846. The van der Waals surface area contributed by atoms with E-state index in [2.05, 4.69) is 56.8 Å². The van der Waals surface area contributed by atoms with E-state index >= 15 is 0 Å². The van der Waals surface area contributed by atoms with E-state index in [-0.39, 0.29) is 6.04 Å². The van der Waals surface area contributed by atoms with Gasteiger partial charge in [0.25, 0.3) is 0 Å². The summed E-state index contributed by atoms with van der Waals surface area (Å²) in [6.45, 7) is 2.83. The third-order valence-corrected chi connectivity index (χ3v) is 6.05. The lowest BCUT2D eigenvalue weighted by atomic mass is 10.0. The second-order valence-electron chi connectivity index (χ2n) is 6.60. The highest BCUT2D eigenvalue weighted by atomic mass is 35.5. The molecule has 1 atom stereocenters. The van der Waals surface area contributed by atoms with Gasteiger partial charge in [0.15, 0.2) is 5.82 Å². The first-order valence-corrected chi connectivity index (χ1v) is 10.7. The van der Waals surface area contributed by atoms with Crippen molar-refractivity contribution in [2.45, 2.75) is 19.0 Å². The summed E-state index contributed by atoms with van der Waals surface area (Å²) in [5.41, 5.74) is 2.47. The van der Waals surface area contributed by atoms with Crippen molar-refractivity contribution < 1.29 is 0 Å². The number of aryl methyl sites for hydroxylation is 2. The number of hydrogen-bond acceptors (Lipinski definition) is 5. The minimum atomic E-state index is 0.0499. The molecule has 0 radical (unpaired) electrons. The lowest BCUT2D eigenvalue weighted by Gasteiger charge is -2.33. The van der Waals surface area contributed by atoms with Gasteiger partial charge in [-0.1, -0.05) is 54.1 Å². The van der Waals surface area contributed by atoms with E-state index < -0.39 is 0 Å². The van der Waals surface area contributed by atoms with Gasteiger partial charge in [-0.25, -0.2) is 4.68 Å². The minimum absolute atomic E-state index is 0.0499. The molecular weight excluding hydrogens is 378 g/mol. The molecule has 7 heteroatoms. The Morgan fingerprint density at radius 3 is 2.48 bits per heavy atom. The van der Waals surface area contributed by atoms with Crippen molar-refractivity contribution in [1.82, 2.24) is 25.1 Å². The fourth-order valence-corrected chi connectivity index (χ4v) is 4.51. The van der Waals surface area contributed by atoms with E-state index in [9.17, 15) is 0 Å². The van der Waals surface area contributed by atoms with Crippen molar-refractivity contribution in [3.05, 3.63) is 76.6 Å². The summed E-state index contributed by atoms with van der Waals surface area (Å²) >= 11 is 8.11. The van der Waals surface area contributed by atoms with Gasteiger partial charge in [0.2, 0.25) is 0 Å². The summed E-state index contributed by atoms with van der Waals surface area (Å²) in [6, 6.07) is 18.6. The topological polar surface area (TPSA) is 46.8 Å². The fourth-order valence-electron chi connectivity index (χ4n) is 3.45. The van der Waals surface area contributed by atoms with Gasteiger partial charge in [-0.15, -0.1) is 5.10 Å². The summed E-state index contributed by atoms with van der Waals surface area (Å²) in [7, 11) is 0. The molecule has 5 nitrogen and oxygen atoms in total. The smallest absolute Gasteiger partial charge is 0.173 e. The van der Waals surface area contributed by atoms with Crippen LogP contribution < -0.4 is 0 Å². The minimum Gasteiger partial charge on any atom is -0.288 e. The highest BCUT2D eigenvalue weighted by Crippen LogP contribution is 2.30. The van der Waals surface area contributed by atoms with Crippen LogP contribution in [0.2, 0.25) is 5.02 Å². The maximum Gasteiger partial charge on any atom is 0.173 e. The molecule has 3 aromatic rings. The van der Waals surface area contributed by atoms with Gasteiger partial charge < -0.3 is 0 Å². The number of thioether (sulfide) groups is 1. The van der Waals surface area contributed by atoms with E-state index in [0.717, 1.165) is 48.4 Å². The highest BCUT2D eigenvalue weighted by molar-refractivity contribution is 7.99. The zero-order valence-electron chi connectivity index (χ0n) is 15.0. The van der Waals surface area contributed by atoms with Gasteiger partial charge in [0.05, 0.1) is 6.04 Å². The molecule has 0 unspecified atom stereocenters. The second-order valence-corrected chi connectivity index (χ2v) is 8.26. The predicted octanol–water partition coefficient (Wildman–Crippen LogP) is 3.71. The number of aromatic nitrogens is 4. The van der Waals surface area contributed by atoms with Crippen LogP contribution in [0.15, 0.2) is 54.6 Å². The quantitative estimate of drug-likeness (QED) is 0.632. The van der Waals surface area contributed by atoms with E-state index in [0.29, 0.717) is 0 Å². The van der Waals surface area contributed by atoms with E-state index in [4.69, 9.17) is 11.6 Å². The van der Waals surface area contributed by atoms with Crippen LogP contribution in [-0.2, 0) is 13.0 Å². The molecule has 0 amide bonds. The standard InChI is InChI=1S/C20H22ClN5S/c21-18-8-6-17(7-9-18)19(25-12-14-27-15-13-25)20-22-23-24-26(20)11-10-16-4-2-1-3-5-16/h1-9,19H,10-15H2/t19-/m0/s1. The third-order valence-electron chi connectivity index (χ3n) is 4.86. The monoisotopic (exact) mass is 399 g/mol. The SMILES string of the molecule is Clc1ccc([C@@H](c2nnnn2CCc2ccccc2)N2CCSCC2)cc1. The second kappa shape index (κ2) is 8.87. The van der Waals surface area contributed by atoms with Crippen molar-refractivity contribution in [3.63, 3.8) is 0 Å². The number of tetrazole rings is 1. The van der Waals surface area contributed by atoms with Crippen LogP contribution in [0.4, 0.5) is 0 Å². The van der Waals surface area contributed by atoms with E-state index in [1.807, 2.05) is 34.6 Å². The molecule has 27 heavy (non-hydrogen) atoms. The van der Waals surface area contributed by atoms with Crippen LogP contribution in [0.5, 0.6) is 0 Å². The number of nitrogens with zero attached hydrogens (tertiary/aromatic N) is 5. The molecule has 1 fully saturated rings. The largest absolute Gasteiger partial charge is 0.288 e. The Morgan fingerprint density at radius 2 is 1.74 bits per heavy atom. The van der Waals surface area contributed by atoms with Gasteiger partial charge in [0.1, 0.15) is 0 Å². The molecule has 2 heterocycles. The van der Waals surface area contributed by atoms with Crippen LogP contribution in [-0.4, -0.2) is 49.7 Å². The summed E-state index contributed by atoms with van der Waals surface area (Å²) in [5, 5.41) is 13.5. The van der Waals surface area contributed by atoms with Crippen molar-refractivity contribution in [1.29, 1.82) is 0 Å². The van der Waals surface area contributed by atoms with Crippen LogP contribution in [0.3, 0.4) is 0 Å². The van der Waals surface area contributed by atoms with Crippen molar-refractivity contribution in [2.24, 2.45) is 0 Å². The molecule has 0 spiro atoms. The number of halogens is 1. The zero-order chi connectivity index (χ0) is 18.5. The third kappa shape index (κ3) is 4.51. The van der Waals surface area contributed by atoms with Gasteiger partial charge >= 0.3 is 0 Å². The van der Waals surface area contributed by atoms with Gasteiger partial charge in [-0.3, -0.25) is 4.90 Å². The maximum absolute atomic E-state index is 6.11. The highest BCUT2D eigenvalue weighted by Gasteiger charge is 2.29. The van der Waals surface area contributed by atoms with Gasteiger partial charge in [-0.05, 0) is 40.1 Å². The lowest BCUT2D eigenvalue weighted by Crippen LogP contribution is -2.38. The Balaban J connectivity index is 1.62. The molecule has 1 aromatic heterocycles. The number of benzene rings is 2. The molecular formula is C20H22ClN5S. The van der Waals surface area contributed by atoms with Crippen molar-refractivity contribution in [3.8, 4) is 0 Å². The molecule has 2 aromatic carbocycles. The fraction of sp³-hybridized carbons (Fsp3) is 0.350. The molecule has 0 aliphatic carbocycles. The molecule has 1 aliphatic rings. The molecule has 0 saturated carbocycles. The molecule has 0 bridgehead atoms. The molecule has 1 saturated heterocycles. The first-order chi connectivity index (χ1) is 13.3. The van der Waals surface area contributed by atoms with Crippen LogP contribution in [0, 0.1) is 0 Å². The zero-order valence-corrected chi connectivity index (χ0v) is 16.6. The first kappa shape index (κ1) is 18.5. The van der Waals surface area contributed by atoms with Crippen LogP contribution in [0.25, 0.3) is 0 Å². The van der Waals surface area contributed by atoms with Crippen molar-refractivity contribution >= 4 is 23.4 Å².